The zero-order chi connectivity index (χ0) is 20.7. The second-order valence-corrected chi connectivity index (χ2v) is 8.45. The molecule has 3 rings (SSSR count). The molecule has 154 valence electrons. The maximum atomic E-state index is 13.3. The third kappa shape index (κ3) is 3.86. The van der Waals surface area contributed by atoms with E-state index in [4.69, 9.17) is 17.3 Å². The number of nitrogens with two attached hydrogens (primary N) is 1. The van der Waals surface area contributed by atoms with Gasteiger partial charge < -0.3 is 5.73 Å². The summed E-state index contributed by atoms with van der Waals surface area (Å²) >= 11 is 6.36. The van der Waals surface area contributed by atoms with Gasteiger partial charge in [-0.1, -0.05) is 18.2 Å². The summed E-state index contributed by atoms with van der Waals surface area (Å²) in [6.45, 7) is 4.71. The van der Waals surface area contributed by atoms with Crippen molar-refractivity contribution >= 4 is 17.5 Å². The highest BCUT2D eigenvalue weighted by atomic mass is 35.5. The first-order valence-electron chi connectivity index (χ1n) is 9.47. The number of nitrogens with zero attached hydrogens (tertiary/aromatic N) is 2. The molecule has 28 heavy (non-hydrogen) atoms. The van der Waals surface area contributed by atoms with Crippen LogP contribution in [0.15, 0.2) is 29.9 Å². The van der Waals surface area contributed by atoms with E-state index in [9.17, 15) is 18.0 Å². The Morgan fingerprint density at radius 3 is 2.46 bits per heavy atom. The van der Waals surface area contributed by atoms with E-state index in [1.165, 1.54) is 6.08 Å². The number of aromatic nitrogens is 2. The summed E-state index contributed by atoms with van der Waals surface area (Å²) in [5.41, 5.74) is 5.31. The summed E-state index contributed by atoms with van der Waals surface area (Å²) in [5, 5.41) is 3.60. The number of primary amides is 1. The zero-order valence-electron chi connectivity index (χ0n) is 16.0. The van der Waals surface area contributed by atoms with Crippen LogP contribution < -0.4 is 5.73 Å². The van der Waals surface area contributed by atoms with Crippen molar-refractivity contribution in [2.24, 2.45) is 23.0 Å². The van der Waals surface area contributed by atoms with E-state index in [2.05, 4.69) is 5.10 Å². The lowest BCUT2D eigenvalue weighted by molar-refractivity contribution is -0.128. The van der Waals surface area contributed by atoms with Gasteiger partial charge in [-0.25, -0.2) is 0 Å². The first kappa shape index (κ1) is 21.0. The van der Waals surface area contributed by atoms with E-state index in [1.807, 2.05) is 24.6 Å². The van der Waals surface area contributed by atoms with E-state index < -0.39 is 28.4 Å². The molecule has 8 heteroatoms. The quantitative estimate of drug-likeness (QED) is 0.739. The van der Waals surface area contributed by atoms with Gasteiger partial charge in [0.15, 0.2) is 0 Å². The summed E-state index contributed by atoms with van der Waals surface area (Å²) in [6, 6.07) is 2.02. The minimum Gasteiger partial charge on any atom is -0.369 e. The second-order valence-electron chi connectivity index (χ2n) is 7.98. The molecule has 0 bridgehead atoms. The summed E-state index contributed by atoms with van der Waals surface area (Å²) in [5.74, 6) is -0.745. The van der Waals surface area contributed by atoms with E-state index in [-0.39, 0.29) is 5.92 Å². The first-order valence-corrected chi connectivity index (χ1v) is 9.91. The van der Waals surface area contributed by atoms with Crippen molar-refractivity contribution in [1.82, 2.24) is 9.78 Å². The van der Waals surface area contributed by atoms with E-state index >= 15 is 0 Å². The lowest BCUT2D eigenvalue weighted by Crippen LogP contribution is -2.50. The molecule has 0 saturated heterocycles. The summed E-state index contributed by atoms with van der Waals surface area (Å²) in [6.07, 6.45) is 1.41. The number of hydrogen-bond acceptors (Lipinski definition) is 2. The molecule has 2 aliphatic carbocycles. The van der Waals surface area contributed by atoms with Gasteiger partial charge in [0.05, 0.1) is 22.1 Å². The number of allylic oxidation sites excluding steroid dienone is 3. The number of carbonyl (C=O) groups is 1. The number of aryl methyl sites for hydroxylation is 2. The molecule has 1 aromatic rings. The fourth-order valence-corrected chi connectivity index (χ4v) is 5.01. The lowest BCUT2D eigenvalue weighted by atomic mass is 9.62. The zero-order valence-corrected chi connectivity index (χ0v) is 16.7. The normalized spacial score (nSPS) is 30.9. The summed E-state index contributed by atoms with van der Waals surface area (Å²) < 4.78 is 41.8. The van der Waals surface area contributed by atoms with Crippen molar-refractivity contribution in [3.05, 3.63) is 41.3 Å². The van der Waals surface area contributed by atoms with E-state index in [1.54, 1.807) is 0 Å². The fourth-order valence-electron chi connectivity index (χ4n) is 4.59. The van der Waals surface area contributed by atoms with E-state index in [0.717, 1.165) is 42.9 Å². The Hall–Kier alpha value is -1.76. The monoisotopic (exact) mass is 415 g/mol. The number of alkyl halides is 4. The van der Waals surface area contributed by atoms with Crippen molar-refractivity contribution in [2.45, 2.75) is 57.6 Å². The molecule has 0 spiro atoms. The Morgan fingerprint density at radius 1 is 1.32 bits per heavy atom. The highest BCUT2D eigenvalue weighted by molar-refractivity contribution is 6.24. The average Bonchev–Trinajstić information content (AvgIpc) is 2.92. The van der Waals surface area contributed by atoms with Crippen molar-refractivity contribution in [1.29, 1.82) is 0 Å². The topological polar surface area (TPSA) is 60.9 Å². The molecule has 2 atom stereocenters. The van der Waals surface area contributed by atoms with Gasteiger partial charge in [-0.05, 0) is 57.4 Å². The third-order valence-electron chi connectivity index (χ3n) is 6.11. The predicted molar refractivity (Wildman–Crippen MR) is 102 cm³/mol. The van der Waals surface area contributed by atoms with Crippen LogP contribution in [0.3, 0.4) is 0 Å². The van der Waals surface area contributed by atoms with Gasteiger partial charge in [0.2, 0.25) is 5.91 Å². The molecular formula is C20H25ClF3N3O. The fraction of sp³-hybridized carbons (Fsp3) is 0.600. The van der Waals surface area contributed by atoms with Crippen LogP contribution in [-0.4, -0.2) is 27.2 Å². The van der Waals surface area contributed by atoms with Crippen LogP contribution in [0.25, 0.3) is 0 Å². The van der Waals surface area contributed by atoms with Gasteiger partial charge in [0, 0.05) is 12.2 Å². The summed E-state index contributed by atoms with van der Waals surface area (Å²) in [4.78, 5) is 12.4. The van der Waals surface area contributed by atoms with Crippen LogP contribution in [-0.2, 0) is 11.3 Å². The molecule has 1 aromatic heterocycles. The molecule has 4 nitrogen and oxygen atoms in total. The van der Waals surface area contributed by atoms with Crippen LogP contribution in [0.2, 0.25) is 0 Å². The van der Waals surface area contributed by atoms with Crippen LogP contribution in [0.5, 0.6) is 0 Å². The Kier molecular flexibility index (Phi) is 5.67. The number of rotatable bonds is 4. The number of halogens is 4. The average molecular weight is 416 g/mol. The van der Waals surface area contributed by atoms with Gasteiger partial charge >= 0.3 is 6.18 Å². The third-order valence-corrected chi connectivity index (χ3v) is 6.61. The molecule has 0 radical (unpaired) electrons. The number of hydrogen-bond donors (Lipinski definition) is 1. The van der Waals surface area contributed by atoms with Gasteiger partial charge in [-0.2, -0.15) is 18.3 Å². The van der Waals surface area contributed by atoms with Crippen molar-refractivity contribution in [2.75, 3.05) is 0 Å². The Bertz CT molecular complexity index is 806. The standard InChI is InChI=1S/C20H25ClF3N3O/c1-12-9-13(2)27(26-12)11-14-3-5-15(6-4-14)19(18(25)28)10-16(20(22,23)24)7-8-17(19)21/h7-10,14-15,17H,3-6,11H2,1-2H3,(H2,25,28). The smallest absolute Gasteiger partial charge is 0.369 e. The highest BCUT2D eigenvalue weighted by Gasteiger charge is 2.51. The summed E-state index contributed by atoms with van der Waals surface area (Å²) in [7, 11) is 0. The van der Waals surface area contributed by atoms with Gasteiger partial charge in [0.25, 0.3) is 0 Å². The molecule has 0 aliphatic heterocycles. The van der Waals surface area contributed by atoms with Gasteiger partial charge in [-0.15, -0.1) is 11.6 Å². The molecule has 0 aromatic carbocycles. The van der Waals surface area contributed by atoms with Crippen LogP contribution in [0.4, 0.5) is 13.2 Å². The van der Waals surface area contributed by atoms with Crippen LogP contribution in [0.1, 0.15) is 37.1 Å². The SMILES string of the molecule is Cc1cc(C)n(CC2CCC(C3(C(N)=O)C=C(C(F)(F)F)C=CC3Cl)CC2)n1. The molecule has 1 saturated carbocycles. The predicted octanol–water partition coefficient (Wildman–Crippen LogP) is 4.44. The highest BCUT2D eigenvalue weighted by Crippen LogP contribution is 2.49. The van der Waals surface area contributed by atoms with Crippen molar-refractivity contribution in [3.63, 3.8) is 0 Å². The second kappa shape index (κ2) is 7.58. The molecule has 2 aliphatic rings. The number of carbonyl (C=O) groups excluding carboxylic acids is 1. The van der Waals surface area contributed by atoms with Crippen LogP contribution >= 0.6 is 11.6 Å². The maximum absolute atomic E-state index is 13.3. The Morgan fingerprint density at radius 2 is 1.96 bits per heavy atom. The minimum absolute atomic E-state index is 0.313. The van der Waals surface area contributed by atoms with Crippen molar-refractivity contribution < 1.29 is 18.0 Å². The first-order chi connectivity index (χ1) is 13.0. The largest absolute Gasteiger partial charge is 0.416 e. The number of amides is 1. The molecule has 1 heterocycles. The van der Waals surface area contributed by atoms with Gasteiger partial charge in [-0.3, -0.25) is 9.48 Å². The molecule has 2 N–H and O–H groups in total. The Labute approximate surface area is 167 Å². The van der Waals surface area contributed by atoms with Gasteiger partial charge in [0.1, 0.15) is 0 Å². The molecule has 2 unspecified atom stereocenters. The Balaban J connectivity index is 1.78. The molecule has 1 fully saturated rings. The lowest BCUT2D eigenvalue weighted by Gasteiger charge is -2.43. The maximum Gasteiger partial charge on any atom is 0.416 e. The van der Waals surface area contributed by atoms with E-state index in [0.29, 0.717) is 18.8 Å². The molecule has 1 amide bonds. The minimum atomic E-state index is -4.54. The molecular weight excluding hydrogens is 391 g/mol. The van der Waals surface area contributed by atoms with Crippen LogP contribution in [0, 0.1) is 31.1 Å². The van der Waals surface area contributed by atoms with Crippen molar-refractivity contribution in [3.8, 4) is 0 Å².